The fourth-order valence-electron chi connectivity index (χ4n) is 4.97. The minimum absolute atomic E-state index is 0.0433. The number of H-pyrrole nitrogens is 1. The number of hydrogen-bond acceptors (Lipinski definition) is 7. The van der Waals surface area contributed by atoms with Gasteiger partial charge in [-0.15, -0.1) is 0 Å². The molecule has 2 heterocycles. The molecule has 0 aliphatic carbocycles. The van der Waals surface area contributed by atoms with Gasteiger partial charge in [0.25, 0.3) is 5.78 Å². The number of ether oxygens (including phenoxy) is 3. The highest BCUT2D eigenvalue weighted by molar-refractivity contribution is 6.51. The SMILES string of the molecule is COc1ccc(C2/C(=C(\O)c3ccc(OC)c(C(C)(C)C)c3)C(=O)C(=O)N2c2nc3ccc(OC)cc3[nH]2)cc1. The van der Waals surface area contributed by atoms with E-state index in [0.29, 0.717) is 39.4 Å². The molecule has 40 heavy (non-hydrogen) atoms. The summed E-state index contributed by atoms with van der Waals surface area (Å²) in [6.07, 6.45) is 0. The largest absolute Gasteiger partial charge is 0.507 e. The third-order valence-electron chi connectivity index (χ3n) is 7.06. The zero-order chi connectivity index (χ0) is 28.8. The number of hydrogen-bond donors (Lipinski definition) is 2. The smallest absolute Gasteiger partial charge is 0.302 e. The molecule has 0 spiro atoms. The number of aromatic amines is 1. The number of carbonyl (C=O) groups excluding carboxylic acids is 2. The number of aliphatic hydroxyl groups is 1. The predicted molar refractivity (Wildman–Crippen MR) is 152 cm³/mol. The summed E-state index contributed by atoms with van der Waals surface area (Å²) in [5.74, 6) is 0.159. The highest BCUT2D eigenvalue weighted by Crippen LogP contribution is 2.43. The monoisotopic (exact) mass is 541 g/mol. The summed E-state index contributed by atoms with van der Waals surface area (Å²) in [6.45, 7) is 6.09. The van der Waals surface area contributed by atoms with Crippen LogP contribution in [0.25, 0.3) is 16.8 Å². The van der Waals surface area contributed by atoms with E-state index in [2.05, 4.69) is 9.97 Å². The van der Waals surface area contributed by atoms with E-state index in [1.54, 1.807) is 82.0 Å². The van der Waals surface area contributed by atoms with Gasteiger partial charge in [-0.05, 0) is 53.4 Å². The lowest BCUT2D eigenvalue weighted by Crippen LogP contribution is -2.30. The highest BCUT2D eigenvalue weighted by Gasteiger charge is 2.48. The number of carbonyl (C=O) groups is 2. The number of rotatable bonds is 6. The summed E-state index contributed by atoms with van der Waals surface area (Å²) >= 11 is 0. The summed E-state index contributed by atoms with van der Waals surface area (Å²) < 4.78 is 16.2. The van der Waals surface area contributed by atoms with E-state index in [9.17, 15) is 14.7 Å². The molecule has 1 unspecified atom stereocenters. The number of aromatic nitrogens is 2. The Bertz CT molecular complexity index is 1650. The Morgan fingerprint density at radius 2 is 1.57 bits per heavy atom. The maximum Gasteiger partial charge on any atom is 0.302 e. The molecule has 206 valence electrons. The zero-order valence-corrected chi connectivity index (χ0v) is 23.2. The molecular formula is C31H31N3O6. The quantitative estimate of drug-likeness (QED) is 0.188. The van der Waals surface area contributed by atoms with Crippen molar-refractivity contribution in [2.75, 3.05) is 26.2 Å². The second-order valence-electron chi connectivity index (χ2n) is 10.6. The Labute approximate surface area is 232 Å². The number of ketones is 1. The van der Waals surface area contributed by atoms with Gasteiger partial charge >= 0.3 is 5.91 Å². The number of fused-ring (bicyclic) bond motifs is 1. The fraction of sp³-hybridized carbons (Fsp3) is 0.258. The van der Waals surface area contributed by atoms with Crippen molar-refractivity contribution in [2.24, 2.45) is 0 Å². The lowest BCUT2D eigenvalue weighted by molar-refractivity contribution is -0.132. The molecule has 1 atom stereocenters. The van der Waals surface area contributed by atoms with E-state index in [1.165, 1.54) is 4.90 Å². The number of anilines is 1. The minimum atomic E-state index is -0.950. The first-order chi connectivity index (χ1) is 19.1. The van der Waals surface area contributed by atoms with Crippen molar-refractivity contribution < 1.29 is 28.9 Å². The molecule has 3 aromatic carbocycles. The third-order valence-corrected chi connectivity index (χ3v) is 7.06. The van der Waals surface area contributed by atoms with E-state index in [4.69, 9.17) is 14.2 Å². The predicted octanol–water partition coefficient (Wildman–Crippen LogP) is 5.51. The third kappa shape index (κ3) is 4.53. The number of nitrogens with one attached hydrogen (secondary N) is 1. The van der Waals surface area contributed by atoms with Gasteiger partial charge in [-0.2, -0.15) is 0 Å². The molecule has 5 rings (SSSR count). The van der Waals surface area contributed by atoms with Gasteiger partial charge in [-0.3, -0.25) is 14.5 Å². The van der Waals surface area contributed by atoms with E-state index in [-0.39, 0.29) is 22.7 Å². The second-order valence-corrected chi connectivity index (χ2v) is 10.6. The van der Waals surface area contributed by atoms with E-state index >= 15 is 0 Å². The van der Waals surface area contributed by atoms with Crippen molar-refractivity contribution in [1.82, 2.24) is 9.97 Å². The van der Waals surface area contributed by atoms with Crippen LogP contribution in [0.3, 0.4) is 0 Å². The Hall–Kier alpha value is -4.79. The summed E-state index contributed by atoms with van der Waals surface area (Å²) in [5.41, 5.74) is 2.73. The first-order valence-corrected chi connectivity index (χ1v) is 12.7. The Morgan fingerprint density at radius 3 is 2.20 bits per heavy atom. The molecule has 1 aliphatic rings. The van der Waals surface area contributed by atoms with Crippen LogP contribution in [0, 0.1) is 0 Å². The molecule has 0 radical (unpaired) electrons. The molecule has 1 aliphatic heterocycles. The van der Waals surface area contributed by atoms with Crippen LogP contribution in [0.2, 0.25) is 0 Å². The van der Waals surface area contributed by atoms with Crippen molar-refractivity contribution in [1.29, 1.82) is 0 Å². The van der Waals surface area contributed by atoms with Crippen LogP contribution in [-0.4, -0.2) is 48.1 Å². The van der Waals surface area contributed by atoms with Gasteiger partial charge < -0.3 is 24.3 Å². The van der Waals surface area contributed by atoms with E-state index in [0.717, 1.165) is 5.56 Å². The van der Waals surface area contributed by atoms with Crippen LogP contribution >= 0.6 is 0 Å². The van der Waals surface area contributed by atoms with Crippen molar-refractivity contribution in [3.8, 4) is 17.2 Å². The Kier molecular flexibility index (Phi) is 6.75. The number of imidazole rings is 1. The van der Waals surface area contributed by atoms with Crippen LogP contribution in [0.4, 0.5) is 5.95 Å². The van der Waals surface area contributed by atoms with Crippen LogP contribution in [0.1, 0.15) is 43.5 Å². The Morgan fingerprint density at radius 1 is 0.900 bits per heavy atom. The second kappa shape index (κ2) is 10.1. The molecule has 9 heteroatoms. The number of methoxy groups -OCH3 is 3. The van der Waals surface area contributed by atoms with E-state index in [1.807, 2.05) is 20.8 Å². The molecule has 0 saturated carbocycles. The van der Waals surface area contributed by atoms with Crippen LogP contribution in [0.15, 0.2) is 66.2 Å². The number of Topliss-reactive ketones (excluding diaryl/α,β-unsaturated/α-hetero) is 1. The fourth-order valence-corrected chi connectivity index (χ4v) is 4.97. The van der Waals surface area contributed by atoms with Crippen molar-refractivity contribution in [3.05, 3.63) is 82.9 Å². The van der Waals surface area contributed by atoms with Gasteiger partial charge in [0.05, 0.1) is 44.0 Å². The molecule has 2 N–H and O–H groups in total. The van der Waals surface area contributed by atoms with Gasteiger partial charge in [-0.1, -0.05) is 32.9 Å². The van der Waals surface area contributed by atoms with Crippen LogP contribution in [-0.2, 0) is 15.0 Å². The van der Waals surface area contributed by atoms with E-state index < -0.39 is 17.7 Å². The van der Waals surface area contributed by atoms with Crippen LogP contribution in [0.5, 0.6) is 17.2 Å². The molecule has 4 aromatic rings. The first kappa shape index (κ1) is 26.8. The number of nitrogens with zero attached hydrogens (tertiary/aromatic N) is 2. The molecule has 1 saturated heterocycles. The molecule has 9 nitrogen and oxygen atoms in total. The molecule has 1 amide bonds. The average Bonchev–Trinajstić information content (AvgIpc) is 3.49. The number of aliphatic hydroxyl groups excluding tert-OH is 1. The van der Waals surface area contributed by atoms with Gasteiger partial charge in [0.15, 0.2) is 0 Å². The lowest BCUT2D eigenvalue weighted by atomic mass is 9.84. The molecular weight excluding hydrogens is 510 g/mol. The number of benzene rings is 3. The van der Waals surface area contributed by atoms with Crippen molar-refractivity contribution in [3.63, 3.8) is 0 Å². The zero-order valence-electron chi connectivity index (χ0n) is 23.2. The summed E-state index contributed by atoms with van der Waals surface area (Å²) in [4.78, 5) is 36.2. The summed E-state index contributed by atoms with van der Waals surface area (Å²) in [5, 5.41) is 11.6. The molecule has 1 aromatic heterocycles. The summed E-state index contributed by atoms with van der Waals surface area (Å²) in [6, 6.07) is 16.6. The maximum absolute atomic E-state index is 13.6. The highest BCUT2D eigenvalue weighted by atomic mass is 16.5. The Balaban J connectivity index is 1.72. The maximum atomic E-state index is 13.6. The van der Waals surface area contributed by atoms with Gasteiger partial charge in [0.2, 0.25) is 5.95 Å². The first-order valence-electron chi connectivity index (χ1n) is 12.7. The van der Waals surface area contributed by atoms with Crippen molar-refractivity contribution >= 4 is 34.4 Å². The molecule has 1 fully saturated rings. The molecule has 0 bridgehead atoms. The number of amides is 1. The minimum Gasteiger partial charge on any atom is -0.507 e. The topological polar surface area (TPSA) is 114 Å². The van der Waals surface area contributed by atoms with Gasteiger partial charge in [0.1, 0.15) is 23.0 Å². The van der Waals surface area contributed by atoms with Crippen molar-refractivity contribution in [2.45, 2.75) is 32.2 Å². The lowest BCUT2D eigenvalue weighted by Gasteiger charge is -2.24. The average molecular weight is 542 g/mol. The summed E-state index contributed by atoms with van der Waals surface area (Å²) in [7, 11) is 4.70. The van der Waals surface area contributed by atoms with Crippen LogP contribution < -0.4 is 19.1 Å². The normalized spacial score (nSPS) is 16.9. The standard InChI is InChI=1S/C31H31N3O6/c1-31(2,3)21-15-18(9-14-24(21)40-6)27(35)25-26(17-7-10-19(38-4)11-8-17)34(29(37)28(25)36)30-32-22-13-12-20(39-5)16-23(22)33-30/h7-16,26,35H,1-6H3,(H,32,33)/b27-25+. The van der Waals surface area contributed by atoms with Gasteiger partial charge in [0, 0.05) is 17.2 Å². The van der Waals surface area contributed by atoms with Gasteiger partial charge in [-0.25, -0.2) is 4.98 Å².